The highest BCUT2D eigenvalue weighted by atomic mass is 35.5. The molecule has 0 unspecified atom stereocenters. The zero-order valence-corrected chi connectivity index (χ0v) is 21.9. The zero-order valence-electron chi connectivity index (χ0n) is 20.2. The maximum absolute atomic E-state index is 10.7. The number of aromatic hydroxyl groups is 1. The molecule has 0 amide bonds. The highest BCUT2D eigenvalue weighted by Gasteiger charge is 2.35. The van der Waals surface area contributed by atoms with E-state index in [9.17, 15) is 5.11 Å². The summed E-state index contributed by atoms with van der Waals surface area (Å²) in [6.07, 6.45) is 3.03. The average molecular weight is 516 g/mol. The van der Waals surface area contributed by atoms with E-state index in [1.165, 1.54) is 16.7 Å². The van der Waals surface area contributed by atoms with E-state index in [0.29, 0.717) is 18.2 Å². The topological polar surface area (TPSA) is 58.7 Å². The smallest absolute Gasteiger partial charge is 0.122 e. The molecule has 3 aromatic rings. The third-order valence-corrected chi connectivity index (χ3v) is 7.45. The number of nitrogens with two attached hydrogens (primary N) is 1. The minimum Gasteiger partial charge on any atom is -0.507 e. The van der Waals surface area contributed by atoms with Crippen LogP contribution >= 0.6 is 24.8 Å². The molecule has 5 rings (SSSR count). The van der Waals surface area contributed by atoms with Crippen molar-refractivity contribution in [1.82, 2.24) is 4.90 Å². The molecule has 0 bridgehead atoms. The van der Waals surface area contributed by atoms with Gasteiger partial charge in [0.1, 0.15) is 5.75 Å². The first-order valence-electron chi connectivity index (χ1n) is 12.2. The summed E-state index contributed by atoms with van der Waals surface area (Å²) in [5.74, 6) is 0.930. The van der Waals surface area contributed by atoms with E-state index in [1.807, 2.05) is 13.0 Å². The quantitative estimate of drug-likeness (QED) is 0.434. The molecule has 188 valence electrons. The van der Waals surface area contributed by atoms with Crippen LogP contribution in [0.5, 0.6) is 5.75 Å². The van der Waals surface area contributed by atoms with Crippen LogP contribution in [-0.2, 0) is 17.7 Å². The van der Waals surface area contributed by atoms with Gasteiger partial charge in [0.2, 0.25) is 0 Å². The fraction of sp³-hybridized carbons (Fsp3) is 0.379. The van der Waals surface area contributed by atoms with E-state index in [2.05, 4.69) is 65.6 Å². The van der Waals surface area contributed by atoms with Gasteiger partial charge in [-0.05, 0) is 66.6 Å². The van der Waals surface area contributed by atoms with Gasteiger partial charge in [-0.2, -0.15) is 0 Å². The van der Waals surface area contributed by atoms with Gasteiger partial charge < -0.3 is 15.6 Å². The van der Waals surface area contributed by atoms with Crippen LogP contribution in [0, 0.1) is 12.8 Å². The Bertz CT molecular complexity index is 1080. The lowest BCUT2D eigenvalue weighted by molar-refractivity contribution is -0.0651. The predicted octanol–water partition coefficient (Wildman–Crippen LogP) is 6.06. The number of halogens is 2. The Labute approximate surface area is 221 Å². The van der Waals surface area contributed by atoms with E-state index in [-0.39, 0.29) is 37.0 Å². The summed E-state index contributed by atoms with van der Waals surface area (Å²) in [5, 5.41) is 10.7. The van der Waals surface area contributed by atoms with E-state index in [1.54, 1.807) is 0 Å². The van der Waals surface area contributed by atoms with Gasteiger partial charge in [0.05, 0.1) is 12.2 Å². The first-order chi connectivity index (χ1) is 16.1. The molecule has 6 heteroatoms. The van der Waals surface area contributed by atoms with Gasteiger partial charge >= 0.3 is 0 Å². The number of likely N-dealkylation sites (tertiary alicyclic amines) is 1. The molecule has 3 N–H and O–H groups in total. The van der Waals surface area contributed by atoms with Gasteiger partial charge in [0.25, 0.3) is 0 Å². The molecule has 2 aliphatic heterocycles. The first kappa shape index (κ1) is 27.5. The molecule has 3 aromatic carbocycles. The monoisotopic (exact) mass is 514 g/mol. The molecule has 1 fully saturated rings. The standard InChI is InChI=1S/C29H34N2O2.2ClH/c1-20-7-12-25-26(29(20)32)17-27(33-28(25)18-30)24-13-15-31(16-14-24)19-21-8-10-23(11-9-21)22-5-3-2-4-6-22;;/h2-12,24,27-28,32H,13-19,30H2,1H3;2*1H/t27-,28-;;/m0../s1. The SMILES string of the molecule is Cc1ccc2c(c1O)C[C@@H](C1CCN(Cc3ccc(-c4ccccc4)cc3)CC1)O[C@H]2CN.Cl.Cl. The fourth-order valence-corrected chi connectivity index (χ4v) is 5.45. The number of phenols is 1. The zero-order chi connectivity index (χ0) is 22.8. The Balaban J connectivity index is 0.00000171. The van der Waals surface area contributed by atoms with Crippen LogP contribution in [0.25, 0.3) is 11.1 Å². The van der Waals surface area contributed by atoms with Crippen molar-refractivity contribution in [2.24, 2.45) is 11.7 Å². The lowest BCUT2D eigenvalue weighted by Gasteiger charge is -2.40. The summed E-state index contributed by atoms with van der Waals surface area (Å²) in [4.78, 5) is 2.55. The normalized spacial score (nSPS) is 20.4. The largest absolute Gasteiger partial charge is 0.507 e. The minimum atomic E-state index is -0.119. The van der Waals surface area contributed by atoms with Gasteiger partial charge in [-0.3, -0.25) is 4.90 Å². The number of ether oxygens (including phenoxy) is 1. The molecule has 0 saturated carbocycles. The van der Waals surface area contributed by atoms with Crippen LogP contribution in [0.4, 0.5) is 0 Å². The van der Waals surface area contributed by atoms with Crippen LogP contribution in [0.3, 0.4) is 0 Å². The first-order valence-corrected chi connectivity index (χ1v) is 12.2. The lowest BCUT2D eigenvalue weighted by atomic mass is 9.83. The molecule has 0 spiro atoms. The van der Waals surface area contributed by atoms with Gasteiger partial charge in [-0.25, -0.2) is 0 Å². The van der Waals surface area contributed by atoms with E-state index in [4.69, 9.17) is 10.5 Å². The summed E-state index contributed by atoms with van der Waals surface area (Å²) in [5.41, 5.74) is 13.0. The lowest BCUT2D eigenvalue weighted by Crippen LogP contribution is -2.41. The summed E-state index contributed by atoms with van der Waals surface area (Å²) in [6, 6.07) is 23.5. The second kappa shape index (κ2) is 12.2. The number of hydrogen-bond donors (Lipinski definition) is 2. The summed E-state index contributed by atoms with van der Waals surface area (Å²) in [6.45, 7) is 5.55. The van der Waals surface area contributed by atoms with Crippen LogP contribution in [0.15, 0.2) is 66.7 Å². The maximum atomic E-state index is 10.7. The number of benzene rings is 3. The Kier molecular flexibility index (Phi) is 9.62. The van der Waals surface area contributed by atoms with Gasteiger partial charge in [0.15, 0.2) is 0 Å². The maximum Gasteiger partial charge on any atom is 0.122 e. The molecular weight excluding hydrogens is 479 g/mol. The number of nitrogens with zero attached hydrogens (tertiary/aromatic N) is 1. The predicted molar refractivity (Wildman–Crippen MR) is 148 cm³/mol. The van der Waals surface area contributed by atoms with Crippen molar-refractivity contribution < 1.29 is 9.84 Å². The molecule has 0 aliphatic carbocycles. The Morgan fingerprint density at radius 3 is 2.23 bits per heavy atom. The van der Waals surface area contributed by atoms with E-state index < -0.39 is 0 Å². The summed E-state index contributed by atoms with van der Waals surface area (Å²) < 4.78 is 6.45. The fourth-order valence-electron chi connectivity index (χ4n) is 5.45. The molecule has 2 atom stereocenters. The third-order valence-electron chi connectivity index (χ3n) is 7.45. The van der Waals surface area contributed by atoms with Crippen molar-refractivity contribution in [3.63, 3.8) is 0 Å². The minimum absolute atomic E-state index is 0. The highest BCUT2D eigenvalue weighted by molar-refractivity contribution is 5.85. The van der Waals surface area contributed by atoms with Crippen LogP contribution < -0.4 is 5.73 Å². The number of piperidine rings is 1. The Morgan fingerprint density at radius 2 is 1.57 bits per heavy atom. The molecule has 35 heavy (non-hydrogen) atoms. The Hall–Kier alpha value is -2.08. The van der Waals surface area contributed by atoms with Gasteiger partial charge in [-0.1, -0.05) is 66.7 Å². The highest BCUT2D eigenvalue weighted by Crippen LogP contribution is 2.40. The molecule has 0 aromatic heterocycles. The van der Waals surface area contributed by atoms with Crippen molar-refractivity contribution >= 4 is 24.8 Å². The van der Waals surface area contributed by atoms with Crippen LogP contribution in [-0.4, -0.2) is 35.7 Å². The molecule has 2 heterocycles. The van der Waals surface area contributed by atoms with Crippen molar-refractivity contribution in [3.8, 4) is 16.9 Å². The average Bonchev–Trinajstić information content (AvgIpc) is 2.87. The second-order valence-electron chi connectivity index (χ2n) is 9.58. The number of fused-ring (bicyclic) bond motifs is 1. The number of phenolic OH excluding ortho intramolecular Hbond substituents is 1. The van der Waals surface area contributed by atoms with Crippen molar-refractivity contribution in [2.75, 3.05) is 19.6 Å². The molecule has 4 nitrogen and oxygen atoms in total. The molecule has 0 radical (unpaired) electrons. The molecule has 2 aliphatic rings. The number of rotatable bonds is 5. The van der Waals surface area contributed by atoms with Crippen LogP contribution in [0.2, 0.25) is 0 Å². The molecule has 1 saturated heterocycles. The van der Waals surface area contributed by atoms with Gasteiger partial charge in [0, 0.05) is 25.1 Å². The van der Waals surface area contributed by atoms with Crippen molar-refractivity contribution in [1.29, 1.82) is 0 Å². The summed E-state index contributed by atoms with van der Waals surface area (Å²) in [7, 11) is 0. The van der Waals surface area contributed by atoms with Crippen LogP contribution in [0.1, 0.15) is 41.2 Å². The van der Waals surface area contributed by atoms with E-state index in [0.717, 1.165) is 55.6 Å². The number of hydrogen-bond acceptors (Lipinski definition) is 4. The van der Waals surface area contributed by atoms with E-state index >= 15 is 0 Å². The Morgan fingerprint density at radius 1 is 0.914 bits per heavy atom. The summed E-state index contributed by atoms with van der Waals surface area (Å²) >= 11 is 0. The second-order valence-corrected chi connectivity index (χ2v) is 9.58. The molecular formula is C29H36Cl2N2O2. The number of aryl methyl sites for hydroxylation is 1. The van der Waals surface area contributed by atoms with Crippen molar-refractivity contribution in [3.05, 3.63) is 89.0 Å². The van der Waals surface area contributed by atoms with Gasteiger partial charge in [-0.15, -0.1) is 24.8 Å². The van der Waals surface area contributed by atoms with Crippen molar-refractivity contribution in [2.45, 2.75) is 44.9 Å². The third kappa shape index (κ3) is 6.02.